The molecule has 4 heterocycles. The van der Waals surface area contributed by atoms with E-state index in [9.17, 15) is 0 Å². The molecular formula is C52H29N3O2. The molecule has 0 saturated carbocycles. The third-order valence-electron chi connectivity index (χ3n) is 11.8. The zero-order chi connectivity index (χ0) is 37.2. The lowest BCUT2D eigenvalue weighted by molar-refractivity contribution is 0.663. The van der Waals surface area contributed by atoms with Gasteiger partial charge >= 0.3 is 0 Å². The third-order valence-corrected chi connectivity index (χ3v) is 11.8. The molecule has 1 aliphatic heterocycles. The maximum absolute atomic E-state index is 6.58. The second kappa shape index (κ2) is 11.4. The van der Waals surface area contributed by atoms with E-state index in [-0.39, 0.29) is 0 Å². The molecule has 0 atom stereocenters. The van der Waals surface area contributed by atoms with Crippen LogP contribution in [-0.2, 0) is 0 Å². The summed E-state index contributed by atoms with van der Waals surface area (Å²) in [5.74, 6) is 0.623. The Hall–Kier alpha value is -7.76. The molecule has 0 saturated heterocycles. The van der Waals surface area contributed by atoms with Crippen LogP contribution in [0, 0.1) is 0 Å². The first-order valence-electron chi connectivity index (χ1n) is 19.2. The molecular weight excluding hydrogens is 699 g/mol. The number of fused-ring (bicyclic) bond motifs is 11. The number of nitrogens with zero attached hydrogens (tertiary/aromatic N) is 3. The lowest BCUT2D eigenvalue weighted by Gasteiger charge is -2.35. The fraction of sp³-hybridized carbons (Fsp3) is 0. The van der Waals surface area contributed by atoms with Crippen molar-refractivity contribution < 1.29 is 8.83 Å². The summed E-state index contributed by atoms with van der Waals surface area (Å²) >= 11 is 0. The summed E-state index contributed by atoms with van der Waals surface area (Å²) in [7, 11) is 0. The summed E-state index contributed by atoms with van der Waals surface area (Å²) in [5.41, 5.74) is 12.2. The Balaban J connectivity index is 1.09. The van der Waals surface area contributed by atoms with Gasteiger partial charge in [0.15, 0.2) is 11.4 Å². The minimum atomic E-state index is 0.623. The Labute approximate surface area is 325 Å². The van der Waals surface area contributed by atoms with Gasteiger partial charge in [-0.05, 0) is 75.6 Å². The summed E-state index contributed by atoms with van der Waals surface area (Å²) in [5, 5.41) is 10.1. The fourth-order valence-electron chi connectivity index (χ4n) is 9.34. The summed E-state index contributed by atoms with van der Waals surface area (Å²) in [6.45, 7) is 0. The van der Waals surface area contributed by atoms with Gasteiger partial charge < -0.3 is 13.7 Å². The van der Waals surface area contributed by atoms with Gasteiger partial charge in [0.1, 0.15) is 28.0 Å². The van der Waals surface area contributed by atoms with E-state index in [1.54, 1.807) is 0 Å². The maximum atomic E-state index is 6.58. The Morgan fingerprint density at radius 2 is 1.00 bits per heavy atom. The Morgan fingerprint density at radius 1 is 0.368 bits per heavy atom. The number of para-hydroxylation sites is 3. The van der Waals surface area contributed by atoms with Gasteiger partial charge in [-0.15, -0.1) is 0 Å². The molecule has 264 valence electrons. The van der Waals surface area contributed by atoms with Crippen molar-refractivity contribution >= 4 is 93.4 Å². The Bertz CT molecular complexity index is 3670. The van der Waals surface area contributed by atoms with Crippen LogP contribution < -0.4 is 4.90 Å². The van der Waals surface area contributed by atoms with Crippen LogP contribution in [0.4, 0.5) is 17.1 Å². The standard InChI is InChI=1S/C52H29N3O2/c1-2-15-32-30(12-1)26-28-43-47(32)39-21-9-13-31-14-10-23-42(46(31)39)55(43)41-29-27-37(33-16-3-4-17-34(33)41)52-53-48-38-19-6-8-25-45(38)57-51(48)49(54-52)40-22-11-20-36-35-18-5-7-24-44(35)56-50(36)40/h1-29H. The average molecular weight is 728 g/mol. The molecule has 5 heteroatoms. The first-order chi connectivity index (χ1) is 28.3. The lowest BCUT2D eigenvalue weighted by atomic mass is 9.87. The molecule has 0 aliphatic carbocycles. The minimum Gasteiger partial charge on any atom is -0.455 e. The largest absolute Gasteiger partial charge is 0.455 e. The van der Waals surface area contributed by atoms with E-state index in [0.717, 1.165) is 77.4 Å². The molecule has 0 radical (unpaired) electrons. The van der Waals surface area contributed by atoms with Gasteiger partial charge in [-0.1, -0.05) is 127 Å². The second-order valence-electron chi connectivity index (χ2n) is 14.8. The van der Waals surface area contributed by atoms with E-state index < -0.39 is 0 Å². The van der Waals surface area contributed by atoms with Crippen LogP contribution in [0.15, 0.2) is 185 Å². The minimum absolute atomic E-state index is 0.623. The number of anilines is 3. The van der Waals surface area contributed by atoms with Crippen molar-refractivity contribution in [2.75, 3.05) is 4.90 Å². The van der Waals surface area contributed by atoms with Gasteiger partial charge in [-0.25, -0.2) is 9.97 Å². The van der Waals surface area contributed by atoms with Gasteiger partial charge in [0.2, 0.25) is 0 Å². The number of rotatable bonds is 3. The predicted molar refractivity (Wildman–Crippen MR) is 234 cm³/mol. The number of benzene rings is 9. The van der Waals surface area contributed by atoms with Crippen molar-refractivity contribution in [1.82, 2.24) is 9.97 Å². The van der Waals surface area contributed by atoms with Crippen molar-refractivity contribution in [2.45, 2.75) is 0 Å². The van der Waals surface area contributed by atoms with Crippen LogP contribution >= 0.6 is 0 Å². The van der Waals surface area contributed by atoms with Crippen LogP contribution in [0.2, 0.25) is 0 Å². The molecule has 5 nitrogen and oxygen atoms in total. The Morgan fingerprint density at radius 3 is 1.88 bits per heavy atom. The van der Waals surface area contributed by atoms with Gasteiger partial charge in [-0.3, -0.25) is 0 Å². The van der Waals surface area contributed by atoms with Gasteiger partial charge in [0.25, 0.3) is 0 Å². The van der Waals surface area contributed by atoms with E-state index in [2.05, 4.69) is 144 Å². The predicted octanol–water partition coefficient (Wildman–Crippen LogP) is 14.5. The first kappa shape index (κ1) is 30.6. The Kier molecular flexibility index (Phi) is 6.10. The molecule has 12 aromatic rings. The fourth-order valence-corrected chi connectivity index (χ4v) is 9.34. The molecule has 1 aliphatic rings. The van der Waals surface area contributed by atoms with Crippen LogP contribution in [0.25, 0.3) is 110 Å². The van der Waals surface area contributed by atoms with Gasteiger partial charge in [0, 0.05) is 43.6 Å². The van der Waals surface area contributed by atoms with Crippen molar-refractivity contribution in [3.63, 3.8) is 0 Å². The van der Waals surface area contributed by atoms with Gasteiger partial charge in [0.05, 0.1) is 17.1 Å². The highest BCUT2D eigenvalue weighted by atomic mass is 16.3. The zero-order valence-electron chi connectivity index (χ0n) is 30.4. The van der Waals surface area contributed by atoms with Crippen molar-refractivity contribution in [1.29, 1.82) is 0 Å². The SMILES string of the molecule is c1ccc2c3c(ccc2c1)N(c1ccc(-c2nc(-c4cccc5c4oc4ccccc45)c4oc5ccccc5c4n2)c2ccccc12)c1cccc2cccc-3c12. The molecule has 13 rings (SSSR count). The molecule has 57 heavy (non-hydrogen) atoms. The van der Waals surface area contributed by atoms with E-state index in [1.165, 1.54) is 32.7 Å². The summed E-state index contributed by atoms with van der Waals surface area (Å²) in [4.78, 5) is 13.2. The van der Waals surface area contributed by atoms with E-state index in [0.29, 0.717) is 17.1 Å². The first-order valence-corrected chi connectivity index (χ1v) is 19.2. The maximum Gasteiger partial charge on any atom is 0.180 e. The van der Waals surface area contributed by atoms with Gasteiger partial charge in [-0.2, -0.15) is 0 Å². The number of furan rings is 2. The molecule has 0 amide bonds. The average Bonchev–Trinajstić information content (AvgIpc) is 3.85. The molecule has 0 fully saturated rings. The summed E-state index contributed by atoms with van der Waals surface area (Å²) in [6, 6.07) is 62.1. The van der Waals surface area contributed by atoms with Crippen LogP contribution in [0.5, 0.6) is 0 Å². The lowest BCUT2D eigenvalue weighted by Crippen LogP contribution is -2.15. The van der Waals surface area contributed by atoms with E-state index in [4.69, 9.17) is 18.8 Å². The van der Waals surface area contributed by atoms with Crippen molar-refractivity contribution in [3.05, 3.63) is 176 Å². The quantitative estimate of drug-likeness (QED) is 0.181. The molecule has 3 aromatic heterocycles. The topological polar surface area (TPSA) is 55.3 Å². The van der Waals surface area contributed by atoms with Crippen molar-refractivity contribution in [2.24, 2.45) is 0 Å². The van der Waals surface area contributed by atoms with Crippen LogP contribution in [-0.4, -0.2) is 9.97 Å². The van der Waals surface area contributed by atoms with E-state index >= 15 is 0 Å². The normalized spacial score (nSPS) is 12.5. The second-order valence-corrected chi connectivity index (χ2v) is 14.8. The third kappa shape index (κ3) is 4.23. The molecule has 9 aromatic carbocycles. The highest BCUT2D eigenvalue weighted by Crippen LogP contribution is 2.54. The zero-order valence-corrected chi connectivity index (χ0v) is 30.4. The smallest absolute Gasteiger partial charge is 0.180 e. The number of hydrogen-bond acceptors (Lipinski definition) is 5. The highest BCUT2D eigenvalue weighted by molar-refractivity contribution is 6.21. The summed E-state index contributed by atoms with van der Waals surface area (Å²) in [6.07, 6.45) is 0. The van der Waals surface area contributed by atoms with Crippen LogP contribution in [0.1, 0.15) is 0 Å². The molecule has 0 spiro atoms. The van der Waals surface area contributed by atoms with Crippen LogP contribution in [0.3, 0.4) is 0 Å². The number of hydrogen-bond donors (Lipinski definition) is 0. The molecule has 0 bridgehead atoms. The summed E-state index contributed by atoms with van der Waals surface area (Å²) < 4.78 is 13.1. The molecule has 0 unspecified atom stereocenters. The number of aromatic nitrogens is 2. The van der Waals surface area contributed by atoms with E-state index in [1.807, 2.05) is 36.4 Å². The molecule has 0 N–H and O–H groups in total. The monoisotopic (exact) mass is 727 g/mol. The highest BCUT2D eigenvalue weighted by Gasteiger charge is 2.29. The van der Waals surface area contributed by atoms with Crippen molar-refractivity contribution in [3.8, 4) is 33.8 Å².